The van der Waals surface area contributed by atoms with Crippen LogP contribution in [0.4, 0.5) is 16.4 Å². The first-order valence-corrected chi connectivity index (χ1v) is 13.7. The van der Waals surface area contributed by atoms with E-state index in [4.69, 9.17) is 9.72 Å². The Kier molecular flexibility index (Phi) is 8.11. The molecule has 1 atom stereocenters. The fourth-order valence-electron chi connectivity index (χ4n) is 5.44. The lowest BCUT2D eigenvalue weighted by Crippen LogP contribution is -2.40. The minimum Gasteiger partial charge on any atom is -0.450 e. The highest BCUT2D eigenvalue weighted by atomic mass is 16.6. The normalized spacial score (nSPS) is 18.1. The highest BCUT2D eigenvalue weighted by Gasteiger charge is 2.22. The summed E-state index contributed by atoms with van der Waals surface area (Å²) >= 11 is 0. The van der Waals surface area contributed by atoms with Gasteiger partial charge in [0.05, 0.1) is 6.61 Å². The van der Waals surface area contributed by atoms with Crippen LogP contribution in [0.1, 0.15) is 42.1 Å². The number of likely N-dealkylation sites (tertiary alicyclic amines) is 1. The number of carbonyl (C=O) groups is 2. The molecule has 2 aliphatic rings. The Bertz CT molecular complexity index is 1350. The van der Waals surface area contributed by atoms with Crippen molar-refractivity contribution in [2.45, 2.75) is 26.2 Å². The number of fused-ring (bicyclic) bond motifs is 1. The van der Waals surface area contributed by atoms with Crippen LogP contribution >= 0.6 is 0 Å². The zero-order valence-electron chi connectivity index (χ0n) is 23.0. The maximum absolute atomic E-state index is 13.0. The molecule has 10 nitrogen and oxygen atoms in total. The largest absolute Gasteiger partial charge is 0.450 e. The first-order chi connectivity index (χ1) is 18.9. The minimum absolute atomic E-state index is 0.0348. The molecule has 5 rings (SSSR count). The molecule has 2 aromatic heterocycles. The molecule has 1 N–H and O–H groups in total. The molecule has 4 heterocycles. The summed E-state index contributed by atoms with van der Waals surface area (Å²) in [4.78, 5) is 35.6. The van der Waals surface area contributed by atoms with Crippen molar-refractivity contribution in [3.05, 3.63) is 59.8 Å². The number of carbonyl (C=O) groups excluding carboxylic acids is 2. The number of aromatic nitrogens is 3. The molecular weight excluding hydrogens is 494 g/mol. The van der Waals surface area contributed by atoms with Crippen LogP contribution < -0.4 is 5.32 Å². The van der Waals surface area contributed by atoms with Gasteiger partial charge in [-0.3, -0.25) is 4.79 Å². The highest BCUT2D eigenvalue weighted by molar-refractivity contribution is 5.94. The van der Waals surface area contributed by atoms with Crippen molar-refractivity contribution in [3.8, 4) is 0 Å². The van der Waals surface area contributed by atoms with Gasteiger partial charge in [-0.2, -0.15) is 4.98 Å². The van der Waals surface area contributed by atoms with Crippen LogP contribution in [0, 0.1) is 5.92 Å². The molecule has 0 bridgehead atoms. The van der Waals surface area contributed by atoms with E-state index in [1.54, 1.807) is 9.42 Å². The van der Waals surface area contributed by atoms with Gasteiger partial charge in [0.15, 0.2) is 5.65 Å². The van der Waals surface area contributed by atoms with Gasteiger partial charge >= 0.3 is 6.09 Å². The van der Waals surface area contributed by atoms with Crippen molar-refractivity contribution < 1.29 is 14.3 Å². The fourth-order valence-corrected chi connectivity index (χ4v) is 5.44. The Hall–Kier alpha value is -3.92. The second-order valence-corrected chi connectivity index (χ2v) is 10.4. The Morgan fingerprint density at radius 3 is 2.72 bits per heavy atom. The van der Waals surface area contributed by atoms with E-state index in [2.05, 4.69) is 28.4 Å². The molecule has 39 heavy (non-hydrogen) atoms. The third kappa shape index (κ3) is 6.22. The summed E-state index contributed by atoms with van der Waals surface area (Å²) < 4.78 is 6.87. The lowest BCUT2D eigenvalue weighted by Gasteiger charge is -2.32. The number of nitrogens with one attached hydrogen (secondary N) is 1. The fraction of sp³-hybridized carbons (Fsp3) is 0.448. The van der Waals surface area contributed by atoms with Crippen molar-refractivity contribution in [1.29, 1.82) is 0 Å². The van der Waals surface area contributed by atoms with E-state index >= 15 is 0 Å². The summed E-state index contributed by atoms with van der Waals surface area (Å²) in [5.41, 5.74) is 4.35. The van der Waals surface area contributed by atoms with Gasteiger partial charge in [0, 0.05) is 56.2 Å². The second-order valence-electron chi connectivity index (χ2n) is 10.4. The number of nitrogens with zero attached hydrogens (tertiary/aromatic N) is 6. The van der Waals surface area contributed by atoms with Gasteiger partial charge in [-0.15, -0.1) is 5.10 Å². The van der Waals surface area contributed by atoms with Crippen LogP contribution in [-0.2, 0) is 4.74 Å². The highest BCUT2D eigenvalue weighted by Crippen LogP contribution is 2.27. The molecule has 2 aliphatic heterocycles. The second kappa shape index (κ2) is 11.9. The SMILES string of the molecule is CCOC(=O)N1CC=C(c2cccn3nc(Nc4ccc(C(=O)N(C)CC5CCCN(C)C5)cc4)nc23)CC1. The van der Waals surface area contributed by atoms with Crippen LogP contribution in [-0.4, -0.2) is 94.7 Å². The van der Waals surface area contributed by atoms with Crippen molar-refractivity contribution in [2.24, 2.45) is 5.92 Å². The molecule has 0 radical (unpaired) electrons. The van der Waals surface area contributed by atoms with Gasteiger partial charge in [-0.05, 0) is 87.7 Å². The van der Waals surface area contributed by atoms with Crippen molar-refractivity contribution >= 4 is 34.9 Å². The van der Waals surface area contributed by atoms with E-state index in [1.165, 1.54) is 12.8 Å². The Labute approximate surface area is 229 Å². The minimum atomic E-state index is -0.281. The lowest BCUT2D eigenvalue weighted by atomic mass is 9.98. The lowest BCUT2D eigenvalue weighted by molar-refractivity contribution is 0.0740. The smallest absolute Gasteiger partial charge is 0.410 e. The van der Waals surface area contributed by atoms with E-state index in [0.29, 0.717) is 37.1 Å². The summed E-state index contributed by atoms with van der Waals surface area (Å²) in [7, 11) is 4.03. The summed E-state index contributed by atoms with van der Waals surface area (Å²) in [5.74, 6) is 1.03. The van der Waals surface area contributed by atoms with E-state index in [9.17, 15) is 9.59 Å². The van der Waals surface area contributed by atoms with Gasteiger partial charge < -0.3 is 24.8 Å². The van der Waals surface area contributed by atoms with Crippen LogP contribution in [0.2, 0.25) is 0 Å². The number of anilines is 2. The summed E-state index contributed by atoms with van der Waals surface area (Å²) in [5, 5.41) is 7.85. The molecule has 2 amide bonds. The van der Waals surface area contributed by atoms with Crippen molar-refractivity contribution in [3.63, 3.8) is 0 Å². The third-order valence-electron chi connectivity index (χ3n) is 7.43. The number of rotatable bonds is 7. The van der Waals surface area contributed by atoms with Crippen LogP contribution in [0.5, 0.6) is 0 Å². The first-order valence-electron chi connectivity index (χ1n) is 13.7. The number of ether oxygens (including phenoxy) is 1. The molecule has 206 valence electrons. The summed E-state index contributed by atoms with van der Waals surface area (Å²) in [6, 6.07) is 11.4. The summed E-state index contributed by atoms with van der Waals surface area (Å²) in [6.07, 6.45) is 6.71. The predicted octanol–water partition coefficient (Wildman–Crippen LogP) is 4.13. The molecule has 0 aliphatic carbocycles. The molecule has 10 heteroatoms. The first kappa shape index (κ1) is 26.7. The Morgan fingerprint density at radius 2 is 2.00 bits per heavy atom. The summed E-state index contributed by atoms with van der Waals surface area (Å²) in [6.45, 7) is 6.24. The van der Waals surface area contributed by atoms with Crippen molar-refractivity contribution in [1.82, 2.24) is 29.3 Å². The number of piperidine rings is 1. The van der Waals surface area contributed by atoms with Gasteiger partial charge in [0.25, 0.3) is 5.91 Å². The molecule has 3 aromatic rings. The molecule has 1 fully saturated rings. The molecule has 1 saturated heterocycles. The Morgan fingerprint density at radius 1 is 1.18 bits per heavy atom. The molecule has 1 aromatic carbocycles. The number of amides is 2. The molecular formula is C29H37N7O3. The number of benzene rings is 1. The molecule has 0 spiro atoms. The average molecular weight is 532 g/mol. The van der Waals surface area contributed by atoms with Gasteiger partial charge in [0.1, 0.15) is 0 Å². The van der Waals surface area contributed by atoms with E-state index in [0.717, 1.165) is 48.5 Å². The van der Waals surface area contributed by atoms with Gasteiger partial charge in [0.2, 0.25) is 5.95 Å². The topological polar surface area (TPSA) is 95.3 Å². The average Bonchev–Trinajstić information content (AvgIpc) is 3.36. The van der Waals surface area contributed by atoms with Crippen LogP contribution in [0.15, 0.2) is 48.7 Å². The maximum Gasteiger partial charge on any atom is 0.410 e. The zero-order valence-corrected chi connectivity index (χ0v) is 23.0. The monoisotopic (exact) mass is 531 g/mol. The van der Waals surface area contributed by atoms with E-state index < -0.39 is 0 Å². The third-order valence-corrected chi connectivity index (χ3v) is 7.43. The number of hydrogen-bond donors (Lipinski definition) is 1. The predicted molar refractivity (Wildman–Crippen MR) is 151 cm³/mol. The van der Waals surface area contributed by atoms with Crippen LogP contribution in [0.3, 0.4) is 0 Å². The van der Waals surface area contributed by atoms with Crippen LogP contribution in [0.25, 0.3) is 11.2 Å². The molecule has 1 unspecified atom stereocenters. The Balaban J connectivity index is 1.24. The number of hydrogen-bond acceptors (Lipinski definition) is 7. The van der Waals surface area contributed by atoms with E-state index in [-0.39, 0.29) is 12.0 Å². The standard InChI is InChI=1S/C29H37N7O3/c1-4-39-29(38)35-17-13-22(14-18-35)25-8-6-16-36-26(25)31-28(32-36)30-24-11-9-23(10-12-24)27(37)34(3)20-21-7-5-15-33(2)19-21/h6,8-13,16,21H,4-5,7,14-15,17-20H2,1-3H3,(H,30,32). The quantitative estimate of drug-likeness (QED) is 0.490. The molecule has 0 saturated carbocycles. The zero-order chi connectivity index (χ0) is 27.4. The van der Waals surface area contributed by atoms with Gasteiger partial charge in [-0.1, -0.05) is 6.08 Å². The van der Waals surface area contributed by atoms with Crippen molar-refractivity contribution in [2.75, 3.05) is 58.7 Å². The van der Waals surface area contributed by atoms with Gasteiger partial charge in [-0.25, -0.2) is 9.31 Å². The van der Waals surface area contributed by atoms with E-state index in [1.807, 2.05) is 61.5 Å². The maximum atomic E-state index is 13.0. The number of pyridine rings is 1.